The highest BCUT2D eigenvalue weighted by atomic mass is 79.9. The van der Waals surface area contributed by atoms with Crippen LogP contribution in [-0.2, 0) is 19.6 Å². The van der Waals surface area contributed by atoms with Crippen LogP contribution in [0.3, 0.4) is 0 Å². The third kappa shape index (κ3) is 4.44. The molecule has 1 amide bonds. The van der Waals surface area contributed by atoms with Gasteiger partial charge < -0.3 is 10.1 Å². The molecule has 1 saturated heterocycles. The first-order valence-electron chi connectivity index (χ1n) is 8.17. The minimum atomic E-state index is -3.78. The summed E-state index contributed by atoms with van der Waals surface area (Å²) in [5.41, 5.74) is 1.47. The topological polar surface area (TPSA) is 84.5 Å². The van der Waals surface area contributed by atoms with Crippen LogP contribution in [0.25, 0.3) is 0 Å². The highest BCUT2D eigenvalue weighted by Crippen LogP contribution is 2.24. The van der Waals surface area contributed by atoms with Crippen molar-refractivity contribution in [3.8, 4) is 0 Å². The van der Waals surface area contributed by atoms with E-state index in [1.54, 1.807) is 43.3 Å². The Balaban J connectivity index is 1.81. The molecule has 1 unspecified atom stereocenters. The summed E-state index contributed by atoms with van der Waals surface area (Å²) in [6.45, 7) is 2.28. The zero-order chi connectivity index (χ0) is 18.7. The molecule has 0 radical (unpaired) electrons. The Bertz CT molecular complexity index is 907. The zero-order valence-electron chi connectivity index (χ0n) is 14.2. The van der Waals surface area contributed by atoms with E-state index in [9.17, 15) is 13.2 Å². The molecule has 1 atom stereocenters. The van der Waals surface area contributed by atoms with E-state index in [1.165, 1.54) is 6.07 Å². The van der Waals surface area contributed by atoms with Gasteiger partial charge in [0.15, 0.2) is 0 Å². The Labute approximate surface area is 161 Å². The molecule has 2 aromatic rings. The Kier molecular flexibility index (Phi) is 5.64. The average molecular weight is 439 g/mol. The molecule has 0 aliphatic carbocycles. The number of sulfonamides is 1. The van der Waals surface area contributed by atoms with Crippen molar-refractivity contribution < 1.29 is 17.9 Å². The van der Waals surface area contributed by atoms with Gasteiger partial charge in [0.05, 0.1) is 4.90 Å². The summed E-state index contributed by atoms with van der Waals surface area (Å²) in [7, 11) is -3.78. The lowest BCUT2D eigenvalue weighted by Gasteiger charge is -2.14. The smallest absolute Gasteiger partial charge is 0.262 e. The molecule has 8 heteroatoms. The van der Waals surface area contributed by atoms with E-state index in [1.807, 2.05) is 0 Å². The van der Waals surface area contributed by atoms with Gasteiger partial charge in [0.2, 0.25) is 0 Å². The maximum atomic E-state index is 12.7. The minimum Gasteiger partial charge on any atom is -0.368 e. The number of nitrogens with one attached hydrogen (secondary N) is 2. The maximum absolute atomic E-state index is 12.7. The number of hydrogen-bond acceptors (Lipinski definition) is 4. The van der Waals surface area contributed by atoms with E-state index in [4.69, 9.17) is 4.74 Å². The van der Waals surface area contributed by atoms with Crippen molar-refractivity contribution in [2.24, 2.45) is 0 Å². The van der Waals surface area contributed by atoms with Crippen molar-refractivity contribution in [1.82, 2.24) is 0 Å². The van der Waals surface area contributed by atoms with Crippen molar-refractivity contribution in [2.45, 2.75) is 30.8 Å². The summed E-state index contributed by atoms with van der Waals surface area (Å²) in [5.74, 6) is -0.254. The molecule has 0 bridgehead atoms. The van der Waals surface area contributed by atoms with Crippen LogP contribution in [0.5, 0.6) is 0 Å². The monoisotopic (exact) mass is 438 g/mol. The van der Waals surface area contributed by atoms with E-state index in [0.717, 1.165) is 10.9 Å². The molecular formula is C18H19BrN2O4S. The van der Waals surface area contributed by atoms with Crippen LogP contribution in [0.4, 0.5) is 11.4 Å². The van der Waals surface area contributed by atoms with Crippen molar-refractivity contribution in [1.29, 1.82) is 0 Å². The number of carbonyl (C=O) groups excluding carboxylic acids is 1. The van der Waals surface area contributed by atoms with Gasteiger partial charge in [-0.3, -0.25) is 9.52 Å². The summed E-state index contributed by atoms with van der Waals surface area (Å²) < 4.78 is 34.2. The lowest BCUT2D eigenvalue weighted by molar-refractivity contribution is -0.124. The second-order valence-corrected chi connectivity index (χ2v) is 8.65. The summed E-state index contributed by atoms with van der Waals surface area (Å²) >= 11 is 3.31. The van der Waals surface area contributed by atoms with Gasteiger partial charge in [0.25, 0.3) is 15.9 Å². The van der Waals surface area contributed by atoms with Crippen LogP contribution in [0.15, 0.2) is 51.8 Å². The van der Waals surface area contributed by atoms with Crippen LogP contribution in [-0.4, -0.2) is 27.0 Å². The lowest BCUT2D eigenvalue weighted by Crippen LogP contribution is -2.27. The summed E-state index contributed by atoms with van der Waals surface area (Å²) in [4.78, 5) is 12.3. The quantitative estimate of drug-likeness (QED) is 0.745. The molecule has 138 valence electrons. The van der Waals surface area contributed by atoms with E-state index >= 15 is 0 Å². The van der Waals surface area contributed by atoms with Gasteiger partial charge in [-0.05, 0) is 61.7 Å². The number of benzene rings is 2. The van der Waals surface area contributed by atoms with Gasteiger partial charge in [0.1, 0.15) is 6.10 Å². The van der Waals surface area contributed by atoms with Gasteiger partial charge in [0, 0.05) is 22.5 Å². The fourth-order valence-corrected chi connectivity index (χ4v) is 4.30. The van der Waals surface area contributed by atoms with Crippen LogP contribution in [0, 0.1) is 6.92 Å². The summed E-state index contributed by atoms with van der Waals surface area (Å²) in [6.07, 6.45) is 1.05. The second-order valence-electron chi connectivity index (χ2n) is 6.08. The largest absolute Gasteiger partial charge is 0.368 e. The van der Waals surface area contributed by atoms with E-state index in [0.29, 0.717) is 30.0 Å². The number of amides is 1. The van der Waals surface area contributed by atoms with Crippen molar-refractivity contribution in [3.63, 3.8) is 0 Å². The number of carbonyl (C=O) groups is 1. The Morgan fingerprint density at radius 2 is 1.85 bits per heavy atom. The minimum absolute atomic E-state index is 0.116. The van der Waals surface area contributed by atoms with E-state index in [2.05, 4.69) is 26.0 Å². The molecule has 1 aliphatic heterocycles. The van der Waals surface area contributed by atoms with Gasteiger partial charge in [-0.15, -0.1) is 0 Å². The molecule has 0 aromatic heterocycles. The number of anilines is 2. The Hall–Kier alpha value is -1.90. The highest BCUT2D eigenvalue weighted by molar-refractivity contribution is 9.10. The molecule has 1 fully saturated rings. The summed E-state index contributed by atoms with van der Waals surface area (Å²) in [6, 6.07) is 11.7. The molecule has 1 heterocycles. The molecule has 2 aromatic carbocycles. The van der Waals surface area contributed by atoms with Gasteiger partial charge in [-0.2, -0.15) is 0 Å². The van der Waals surface area contributed by atoms with Crippen LogP contribution in [0.2, 0.25) is 0 Å². The third-order valence-corrected chi connectivity index (χ3v) is 6.12. The molecule has 6 nitrogen and oxygen atoms in total. The number of ether oxygens (including phenoxy) is 1. The van der Waals surface area contributed by atoms with Crippen LogP contribution < -0.4 is 10.0 Å². The average Bonchev–Trinajstić information content (AvgIpc) is 3.13. The number of hydrogen-bond donors (Lipinski definition) is 2. The predicted octanol–water partition coefficient (Wildman–Crippen LogP) is 3.68. The molecule has 3 rings (SSSR count). The van der Waals surface area contributed by atoms with Crippen molar-refractivity contribution in [3.05, 3.63) is 52.5 Å². The van der Waals surface area contributed by atoms with E-state index in [-0.39, 0.29) is 10.8 Å². The molecular weight excluding hydrogens is 420 g/mol. The van der Waals surface area contributed by atoms with Gasteiger partial charge in [-0.25, -0.2) is 8.42 Å². The first-order chi connectivity index (χ1) is 12.3. The second kappa shape index (κ2) is 7.77. The van der Waals surface area contributed by atoms with Crippen LogP contribution in [0.1, 0.15) is 18.4 Å². The number of halogens is 1. The van der Waals surface area contributed by atoms with Crippen molar-refractivity contribution in [2.75, 3.05) is 16.6 Å². The SMILES string of the molecule is Cc1ccc(NC(=O)C2CCCO2)cc1S(=O)(=O)Nc1ccc(Br)cc1. The highest BCUT2D eigenvalue weighted by Gasteiger charge is 2.24. The predicted molar refractivity (Wildman–Crippen MR) is 104 cm³/mol. The molecule has 1 aliphatic rings. The summed E-state index contributed by atoms with van der Waals surface area (Å²) in [5, 5.41) is 2.73. The van der Waals surface area contributed by atoms with E-state index < -0.39 is 16.1 Å². The van der Waals surface area contributed by atoms with Crippen molar-refractivity contribution >= 4 is 43.2 Å². The number of aryl methyl sites for hydroxylation is 1. The Morgan fingerprint density at radius 3 is 2.50 bits per heavy atom. The first kappa shape index (κ1) is 18.9. The van der Waals surface area contributed by atoms with Gasteiger partial charge in [-0.1, -0.05) is 22.0 Å². The van der Waals surface area contributed by atoms with Crippen LogP contribution >= 0.6 is 15.9 Å². The molecule has 2 N–H and O–H groups in total. The Morgan fingerprint density at radius 1 is 1.15 bits per heavy atom. The number of rotatable bonds is 5. The lowest BCUT2D eigenvalue weighted by atomic mass is 10.2. The fraction of sp³-hybridized carbons (Fsp3) is 0.278. The fourth-order valence-electron chi connectivity index (χ4n) is 2.70. The molecule has 26 heavy (non-hydrogen) atoms. The normalized spacial score (nSPS) is 17.1. The third-order valence-electron chi connectivity index (χ3n) is 4.06. The first-order valence-corrected chi connectivity index (χ1v) is 10.4. The maximum Gasteiger partial charge on any atom is 0.262 e. The zero-order valence-corrected chi connectivity index (χ0v) is 16.6. The molecule has 0 spiro atoms. The molecule has 0 saturated carbocycles. The standard InChI is InChI=1S/C18H19BrN2O4S/c1-12-4-7-15(20-18(22)16-3-2-10-25-16)11-17(12)26(23,24)21-14-8-5-13(19)6-9-14/h4-9,11,16,21H,2-3,10H2,1H3,(H,20,22). The van der Waals surface area contributed by atoms with Gasteiger partial charge >= 0.3 is 0 Å².